The predicted molar refractivity (Wildman–Crippen MR) is 190 cm³/mol. The van der Waals surface area contributed by atoms with E-state index in [1.165, 1.54) is 0 Å². The van der Waals surface area contributed by atoms with E-state index in [-0.39, 0.29) is 23.9 Å². The van der Waals surface area contributed by atoms with Crippen molar-refractivity contribution >= 4 is 17.2 Å². The molecule has 270 valence electrons. The number of aryl methyl sites for hydroxylation is 1. The summed E-state index contributed by atoms with van der Waals surface area (Å²) < 4.78 is 41.7. The molecule has 2 heterocycles. The Bertz CT molecular complexity index is 1720. The van der Waals surface area contributed by atoms with Gasteiger partial charge in [0.05, 0.1) is 51.7 Å². The molecule has 0 bridgehead atoms. The monoisotopic (exact) mass is 690 g/mol. The lowest BCUT2D eigenvalue weighted by molar-refractivity contribution is -0.0359. The second-order valence-corrected chi connectivity index (χ2v) is 13.5. The molecule has 1 aliphatic heterocycles. The first-order valence-corrected chi connectivity index (χ1v) is 17.3. The number of nitrogens with zero attached hydrogens (tertiary/aromatic N) is 2. The van der Waals surface area contributed by atoms with Crippen molar-refractivity contribution in [1.82, 2.24) is 9.47 Å². The molecule has 1 amide bonds. The first-order chi connectivity index (χ1) is 24.1. The van der Waals surface area contributed by atoms with Crippen molar-refractivity contribution in [2.45, 2.75) is 77.4 Å². The maximum atomic E-state index is 13.0. The second kappa shape index (κ2) is 17.6. The fourth-order valence-corrected chi connectivity index (χ4v) is 6.11. The van der Waals surface area contributed by atoms with Crippen LogP contribution in [-0.4, -0.2) is 74.4 Å². The molecule has 0 aliphatic carbocycles. The lowest BCUT2D eigenvalue weighted by Gasteiger charge is -2.39. The summed E-state index contributed by atoms with van der Waals surface area (Å²) in [6.45, 7) is 9.49. The van der Waals surface area contributed by atoms with E-state index in [1.54, 1.807) is 29.8 Å². The predicted octanol–water partition coefficient (Wildman–Crippen LogP) is 6.94. The molecular formula is C39H50N2O9. The molecule has 0 spiro atoms. The van der Waals surface area contributed by atoms with Gasteiger partial charge in [-0.05, 0) is 75.1 Å². The third kappa shape index (κ3) is 10.1. The number of benzene rings is 3. The normalized spacial score (nSPS) is 16.5. The number of oxazole rings is 1. The second-order valence-electron chi connectivity index (χ2n) is 13.5. The van der Waals surface area contributed by atoms with Crippen molar-refractivity contribution in [1.29, 1.82) is 0 Å². The number of fused-ring (bicyclic) bond motifs is 1. The van der Waals surface area contributed by atoms with Crippen molar-refractivity contribution in [2.75, 3.05) is 47.1 Å². The first kappa shape index (κ1) is 36.9. The summed E-state index contributed by atoms with van der Waals surface area (Å²) in [6.07, 6.45) is 1.53. The van der Waals surface area contributed by atoms with Gasteiger partial charge >= 0.3 is 11.8 Å². The number of methoxy groups -OCH3 is 2. The van der Waals surface area contributed by atoms with E-state index < -0.39 is 5.60 Å². The summed E-state index contributed by atoms with van der Waals surface area (Å²) >= 11 is 0. The Labute approximate surface area is 294 Å². The topological polar surface area (TPSA) is 111 Å². The van der Waals surface area contributed by atoms with Crippen molar-refractivity contribution < 1.29 is 37.6 Å². The highest BCUT2D eigenvalue weighted by atomic mass is 16.6. The molecule has 2 unspecified atom stereocenters. The first-order valence-electron chi connectivity index (χ1n) is 17.3. The molecule has 11 heteroatoms. The van der Waals surface area contributed by atoms with E-state index >= 15 is 0 Å². The van der Waals surface area contributed by atoms with E-state index in [1.807, 2.05) is 69.3 Å². The molecule has 4 aromatic rings. The van der Waals surface area contributed by atoms with Gasteiger partial charge in [-0.25, -0.2) is 9.59 Å². The number of piperidine rings is 1. The molecule has 2 atom stereocenters. The Kier molecular flexibility index (Phi) is 13.0. The molecule has 0 N–H and O–H groups in total. The molecule has 5 rings (SSSR count). The summed E-state index contributed by atoms with van der Waals surface area (Å²) in [5.74, 6) is 1.27. The molecular weight excluding hydrogens is 640 g/mol. The number of likely N-dealkylation sites (tertiary alicyclic amines) is 1. The highest BCUT2D eigenvalue weighted by Gasteiger charge is 2.35. The van der Waals surface area contributed by atoms with E-state index in [4.69, 9.17) is 32.8 Å². The van der Waals surface area contributed by atoms with Gasteiger partial charge in [0.2, 0.25) is 0 Å². The number of amides is 1. The van der Waals surface area contributed by atoms with Crippen LogP contribution in [0.15, 0.2) is 75.9 Å². The average molecular weight is 691 g/mol. The van der Waals surface area contributed by atoms with Gasteiger partial charge in [-0.15, -0.1) is 0 Å². The zero-order chi connectivity index (χ0) is 35.5. The summed E-state index contributed by atoms with van der Waals surface area (Å²) in [7, 11) is 3.30. The summed E-state index contributed by atoms with van der Waals surface area (Å²) in [5.41, 5.74) is 3.70. The van der Waals surface area contributed by atoms with Gasteiger partial charge in [0, 0.05) is 44.7 Å². The smallest absolute Gasteiger partial charge is 0.419 e. The largest absolute Gasteiger partial charge is 0.496 e. The Morgan fingerprint density at radius 1 is 0.940 bits per heavy atom. The van der Waals surface area contributed by atoms with Crippen molar-refractivity contribution in [3.63, 3.8) is 0 Å². The SMILES string of the molecule is COCCCn1c(=O)oc2ccc(COC3CN(C(=O)OC(C)(C)C)CCC3c3ccc(OCCCOCc4ccccc4OC)cc3)cc21. The van der Waals surface area contributed by atoms with Crippen LogP contribution in [0, 0.1) is 0 Å². The van der Waals surface area contributed by atoms with Crippen LogP contribution in [0.2, 0.25) is 0 Å². The average Bonchev–Trinajstić information content (AvgIpc) is 3.42. The van der Waals surface area contributed by atoms with E-state index in [2.05, 4.69) is 12.1 Å². The van der Waals surface area contributed by atoms with Crippen LogP contribution in [-0.2, 0) is 38.7 Å². The number of hydrogen-bond donors (Lipinski definition) is 0. The molecule has 50 heavy (non-hydrogen) atoms. The number of hydrogen-bond acceptors (Lipinski definition) is 9. The van der Waals surface area contributed by atoms with E-state index in [0.29, 0.717) is 71.1 Å². The van der Waals surface area contributed by atoms with Crippen molar-refractivity contribution in [3.05, 3.63) is 94.0 Å². The Balaban J connectivity index is 1.20. The maximum absolute atomic E-state index is 13.0. The lowest BCUT2D eigenvalue weighted by atomic mass is 9.87. The van der Waals surface area contributed by atoms with Gasteiger partial charge in [0.15, 0.2) is 5.58 Å². The number of aromatic nitrogens is 1. The van der Waals surface area contributed by atoms with Crippen LogP contribution in [0.5, 0.6) is 11.5 Å². The van der Waals surface area contributed by atoms with Gasteiger partial charge < -0.3 is 37.7 Å². The minimum atomic E-state index is -0.596. The van der Waals surface area contributed by atoms with Gasteiger partial charge in [-0.2, -0.15) is 0 Å². The Morgan fingerprint density at radius 2 is 1.74 bits per heavy atom. The molecule has 1 aromatic heterocycles. The van der Waals surface area contributed by atoms with Crippen LogP contribution in [0.25, 0.3) is 11.1 Å². The lowest BCUT2D eigenvalue weighted by Crippen LogP contribution is -2.48. The summed E-state index contributed by atoms with van der Waals surface area (Å²) in [5, 5.41) is 0. The summed E-state index contributed by atoms with van der Waals surface area (Å²) in [6, 6.07) is 21.6. The number of ether oxygens (including phenoxy) is 6. The van der Waals surface area contributed by atoms with Gasteiger partial charge in [-0.3, -0.25) is 4.57 Å². The highest BCUT2D eigenvalue weighted by molar-refractivity contribution is 5.73. The molecule has 11 nitrogen and oxygen atoms in total. The fraction of sp³-hybridized carbons (Fsp3) is 0.487. The van der Waals surface area contributed by atoms with E-state index in [9.17, 15) is 9.59 Å². The van der Waals surface area contributed by atoms with Crippen LogP contribution >= 0.6 is 0 Å². The minimum Gasteiger partial charge on any atom is -0.496 e. The van der Waals surface area contributed by atoms with Gasteiger partial charge in [0.25, 0.3) is 0 Å². The molecule has 1 aliphatic rings. The number of carbonyl (C=O) groups excluding carboxylic acids is 1. The molecule has 1 fully saturated rings. The summed E-state index contributed by atoms with van der Waals surface area (Å²) in [4.78, 5) is 27.3. The van der Waals surface area contributed by atoms with Crippen LogP contribution in [0.1, 0.15) is 62.6 Å². The third-order valence-electron chi connectivity index (χ3n) is 8.60. The van der Waals surface area contributed by atoms with Crippen LogP contribution in [0.3, 0.4) is 0 Å². The zero-order valence-electron chi connectivity index (χ0n) is 29.9. The van der Waals surface area contributed by atoms with Crippen molar-refractivity contribution in [3.8, 4) is 11.5 Å². The number of para-hydroxylation sites is 1. The van der Waals surface area contributed by atoms with E-state index in [0.717, 1.165) is 40.1 Å². The number of carbonyl (C=O) groups is 1. The zero-order valence-corrected chi connectivity index (χ0v) is 29.9. The Hall–Kier alpha value is -4.32. The molecule has 1 saturated heterocycles. The van der Waals surface area contributed by atoms with Crippen molar-refractivity contribution in [2.24, 2.45) is 0 Å². The van der Waals surface area contributed by atoms with Crippen LogP contribution < -0.4 is 15.2 Å². The quantitative estimate of drug-likeness (QED) is 0.116. The van der Waals surface area contributed by atoms with Crippen LogP contribution in [0.4, 0.5) is 4.79 Å². The standard InChI is InChI=1S/C39H50N2O9/c1-39(2,3)50-37(42)40-20-18-32(29-13-15-31(16-14-29)47-23-9-22-46-27-30-10-6-7-11-34(30)45-5)36(25-40)48-26-28-12-17-35-33(24-28)41(38(43)49-35)19-8-21-44-4/h6-7,10-17,24,32,36H,8-9,18-23,25-27H2,1-5H3. The molecule has 0 saturated carbocycles. The molecule has 3 aromatic carbocycles. The number of rotatable bonds is 16. The third-order valence-corrected chi connectivity index (χ3v) is 8.60. The fourth-order valence-electron chi connectivity index (χ4n) is 6.11. The van der Waals surface area contributed by atoms with Gasteiger partial charge in [0.1, 0.15) is 17.1 Å². The highest BCUT2D eigenvalue weighted by Crippen LogP contribution is 2.33. The van der Waals surface area contributed by atoms with Gasteiger partial charge in [-0.1, -0.05) is 36.4 Å². The Morgan fingerprint density at radius 3 is 2.50 bits per heavy atom. The molecule has 0 radical (unpaired) electrons. The maximum Gasteiger partial charge on any atom is 0.419 e. The minimum absolute atomic E-state index is 0.0518.